The smallest absolute Gasteiger partial charge is 0.246 e. The number of anilines is 1. The van der Waals surface area contributed by atoms with Crippen LogP contribution in [-0.4, -0.2) is 52.5 Å². The first-order valence-electron chi connectivity index (χ1n) is 12.8. The molecule has 34 heavy (non-hydrogen) atoms. The molecule has 2 N–H and O–H groups in total. The number of nitrogens with one attached hydrogen (secondary N) is 2. The van der Waals surface area contributed by atoms with E-state index in [4.69, 9.17) is 4.74 Å². The first-order chi connectivity index (χ1) is 16.4. The molecule has 5 aliphatic rings. The SMILES string of the molecule is Cc1cccc(NC(=O)C2C3C=CC4(O3)C2C(=O)N(C2CC2)C4C(=O)NC2CCCCC2C)c1. The molecule has 1 aromatic rings. The van der Waals surface area contributed by atoms with Crippen LogP contribution < -0.4 is 10.6 Å². The van der Waals surface area contributed by atoms with Gasteiger partial charge in [0.25, 0.3) is 0 Å². The molecule has 3 aliphatic heterocycles. The molecular weight excluding hydrogens is 430 g/mol. The van der Waals surface area contributed by atoms with Crippen LogP contribution in [0.25, 0.3) is 0 Å². The number of carbonyl (C=O) groups excluding carboxylic acids is 3. The van der Waals surface area contributed by atoms with E-state index in [-0.39, 0.29) is 29.8 Å². The molecule has 0 radical (unpaired) electrons. The Labute approximate surface area is 200 Å². The predicted molar refractivity (Wildman–Crippen MR) is 127 cm³/mol. The van der Waals surface area contributed by atoms with Crippen LogP contribution in [0.4, 0.5) is 5.69 Å². The molecule has 0 aromatic heterocycles. The number of ether oxygens (including phenoxy) is 1. The van der Waals surface area contributed by atoms with Gasteiger partial charge in [-0.25, -0.2) is 0 Å². The van der Waals surface area contributed by atoms with Gasteiger partial charge in [0.2, 0.25) is 17.7 Å². The Bertz CT molecular complexity index is 1070. The molecule has 3 amide bonds. The molecule has 3 heterocycles. The van der Waals surface area contributed by atoms with Gasteiger partial charge in [-0.1, -0.05) is 44.1 Å². The molecule has 7 unspecified atom stereocenters. The Morgan fingerprint density at radius 1 is 1.12 bits per heavy atom. The second-order valence-corrected chi connectivity index (χ2v) is 10.9. The highest BCUT2D eigenvalue weighted by molar-refractivity contribution is 6.03. The Kier molecular flexibility index (Phi) is 5.10. The molecule has 6 rings (SSSR count). The topological polar surface area (TPSA) is 87.7 Å². The van der Waals surface area contributed by atoms with Crippen LogP contribution in [0.2, 0.25) is 0 Å². The molecule has 2 bridgehead atoms. The highest BCUT2D eigenvalue weighted by atomic mass is 16.5. The zero-order valence-electron chi connectivity index (χ0n) is 19.8. The standard InChI is InChI=1S/C27H33N3O4/c1-15-6-5-8-17(14-15)28-24(31)21-20-12-13-27(34-20)22(21)26(33)30(18-10-11-18)23(27)25(32)29-19-9-4-3-7-16(19)2/h5-6,8,12-14,16,18-23H,3-4,7,9-11H2,1-2H3,(H,28,31)(H,29,32). The zero-order chi connectivity index (χ0) is 23.6. The van der Waals surface area contributed by atoms with Crippen molar-refractivity contribution in [3.63, 3.8) is 0 Å². The fourth-order valence-corrected chi connectivity index (χ4v) is 6.69. The number of benzene rings is 1. The number of hydrogen-bond acceptors (Lipinski definition) is 4. The van der Waals surface area contributed by atoms with Gasteiger partial charge in [-0.2, -0.15) is 0 Å². The summed E-state index contributed by atoms with van der Waals surface area (Å²) in [6, 6.07) is 7.08. The third-order valence-corrected chi connectivity index (χ3v) is 8.53. The minimum Gasteiger partial charge on any atom is -0.359 e. The van der Waals surface area contributed by atoms with Gasteiger partial charge in [0.1, 0.15) is 11.6 Å². The van der Waals surface area contributed by atoms with E-state index in [1.807, 2.05) is 43.3 Å². The van der Waals surface area contributed by atoms with Crippen LogP contribution >= 0.6 is 0 Å². The van der Waals surface area contributed by atoms with Crippen LogP contribution in [0.3, 0.4) is 0 Å². The van der Waals surface area contributed by atoms with Gasteiger partial charge < -0.3 is 20.3 Å². The summed E-state index contributed by atoms with van der Waals surface area (Å²) in [5, 5.41) is 6.27. The van der Waals surface area contributed by atoms with Crippen molar-refractivity contribution in [2.45, 2.75) is 82.2 Å². The highest BCUT2D eigenvalue weighted by Gasteiger charge is 2.74. The van der Waals surface area contributed by atoms with Crippen molar-refractivity contribution in [2.75, 3.05) is 5.32 Å². The van der Waals surface area contributed by atoms with Crippen molar-refractivity contribution < 1.29 is 19.1 Å². The van der Waals surface area contributed by atoms with E-state index in [2.05, 4.69) is 17.6 Å². The van der Waals surface area contributed by atoms with Crippen molar-refractivity contribution in [3.8, 4) is 0 Å². The van der Waals surface area contributed by atoms with E-state index in [1.54, 1.807) is 4.90 Å². The van der Waals surface area contributed by atoms with Crippen molar-refractivity contribution >= 4 is 23.4 Å². The number of aryl methyl sites for hydroxylation is 1. The number of hydrogen-bond donors (Lipinski definition) is 2. The van der Waals surface area contributed by atoms with Crippen LogP contribution in [0.1, 0.15) is 51.0 Å². The van der Waals surface area contributed by atoms with Crippen LogP contribution in [0.5, 0.6) is 0 Å². The van der Waals surface area contributed by atoms with Gasteiger partial charge in [0.05, 0.1) is 17.9 Å². The van der Waals surface area contributed by atoms with E-state index in [9.17, 15) is 14.4 Å². The summed E-state index contributed by atoms with van der Waals surface area (Å²) in [6.45, 7) is 4.16. The van der Waals surface area contributed by atoms with Gasteiger partial charge in [0.15, 0.2) is 0 Å². The third kappa shape index (κ3) is 3.31. The first kappa shape index (κ1) is 21.8. The number of fused-ring (bicyclic) bond motifs is 1. The normalized spacial score (nSPS) is 38.2. The van der Waals surface area contributed by atoms with E-state index in [1.165, 1.54) is 6.42 Å². The summed E-state index contributed by atoms with van der Waals surface area (Å²) in [7, 11) is 0. The largest absolute Gasteiger partial charge is 0.359 e. The maximum absolute atomic E-state index is 13.8. The summed E-state index contributed by atoms with van der Waals surface area (Å²) < 4.78 is 6.41. The lowest BCUT2D eigenvalue weighted by Gasteiger charge is -2.36. The lowest BCUT2D eigenvalue weighted by molar-refractivity contribution is -0.142. The fourth-order valence-electron chi connectivity index (χ4n) is 6.69. The summed E-state index contributed by atoms with van der Waals surface area (Å²) in [6.07, 6.45) is 9.45. The second-order valence-electron chi connectivity index (χ2n) is 10.9. The minimum absolute atomic E-state index is 0.0588. The first-order valence-corrected chi connectivity index (χ1v) is 12.8. The summed E-state index contributed by atoms with van der Waals surface area (Å²) >= 11 is 0. The molecule has 2 aliphatic carbocycles. The van der Waals surface area contributed by atoms with E-state index in [0.717, 1.165) is 37.7 Å². The summed E-state index contributed by atoms with van der Waals surface area (Å²) in [5.74, 6) is -1.38. The van der Waals surface area contributed by atoms with Gasteiger partial charge >= 0.3 is 0 Å². The van der Waals surface area contributed by atoms with Crippen molar-refractivity contribution in [3.05, 3.63) is 42.0 Å². The molecule has 7 nitrogen and oxygen atoms in total. The van der Waals surface area contributed by atoms with E-state index < -0.39 is 29.6 Å². The number of amides is 3. The fraction of sp³-hybridized carbons (Fsp3) is 0.593. The van der Waals surface area contributed by atoms with E-state index in [0.29, 0.717) is 11.6 Å². The summed E-state index contributed by atoms with van der Waals surface area (Å²) in [5.41, 5.74) is 0.681. The highest BCUT2D eigenvalue weighted by Crippen LogP contribution is 2.57. The van der Waals surface area contributed by atoms with Gasteiger partial charge in [-0.05, 0) is 56.2 Å². The van der Waals surface area contributed by atoms with Crippen LogP contribution in [-0.2, 0) is 19.1 Å². The lowest BCUT2D eigenvalue weighted by Crippen LogP contribution is -2.57. The zero-order valence-corrected chi connectivity index (χ0v) is 19.8. The third-order valence-electron chi connectivity index (χ3n) is 8.53. The lowest BCUT2D eigenvalue weighted by atomic mass is 9.74. The Morgan fingerprint density at radius 2 is 1.91 bits per heavy atom. The number of carbonyl (C=O) groups is 3. The molecule has 2 saturated heterocycles. The predicted octanol–water partition coefficient (Wildman–Crippen LogP) is 2.94. The van der Waals surface area contributed by atoms with E-state index >= 15 is 0 Å². The maximum atomic E-state index is 13.8. The molecule has 4 fully saturated rings. The van der Waals surface area contributed by atoms with Gasteiger partial charge in [-0.3, -0.25) is 14.4 Å². The molecule has 7 heteroatoms. The van der Waals surface area contributed by atoms with Crippen molar-refractivity contribution in [2.24, 2.45) is 17.8 Å². The van der Waals surface area contributed by atoms with Gasteiger partial charge in [0, 0.05) is 17.8 Å². The Hall–Kier alpha value is -2.67. The minimum atomic E-state index is -1.07. The molecule has 180 valence electrons. The van der Waals surface area contributed by atoms with Crippen LogP contribution in [0, 0.1) is 24.7 Å². The quantitative estimate of drug-likeness (QED) is 0.658. The molecule has 2 saturated carbocycles. The Balaban J connectivity index is 1.29. The number of nitrogens with zero attached hydrogens (tertiary/aromatic N) is 1. The maximum Gasteiger partial charge on any atom is 0.246 e. The average molecular weight is 464 g/mol. The molecule has 1 aromatic carbocycles. The number of likely N-dealkylation sites (tertiary alicyclic amines) is 1. The molecule has 7 atom stereocenters. The van der Waals surface area contributed by atoms with Crippen molar-refractivity contribution in [1.29, 1.82) is 0 Å². The van der Waals surface area contributed by atoms with Crippen molar-refractivity contribution in [1.82, 2.24) is 10.2 Å². The van der Waals surface area contributed by atoms with Gasteiger partial charge in [-0.15, -0.1) is 0 Å². The Morgan fingerprint density at radius 3 is 2.65 bits per heavy atom. The monoisotopic (exact) mass is 463 g/mol. The average Bonchev–Trinajstić information content (AvgIpc) is 3.40. The molecular formula is C27H33N3O4. The number of rotatable bonds is 5. The summed E-state index contributed by atoms with van der Waals surface area (Å²) in [4.78, 5) is 42.7. The van der Waals surface area contributed by atoms with Crippen LogP contribution in [0.15, 0.2) is 36.4 Å². The second kappa shape index (κ2) is 7.94. The molecule has 1 spiro atoms.